The van der Waals surface area contributed by atoms with Crippen LogP contribution in [0.3, 0.4) is 0 Å². The number of methoxy groups -OCH3 is 2. The number of aryl methyl sites for hydroxylation is 4. The number of rotatable bonds is 20. The summed E-state index contributed by atoms with van der Waals surface area (Å²) in [4.78, 5) is 83.2. The number of ether oxygens (including phenoxy) is 4. The summed E-state index contributed by atoms with van der Waals surface area (Å²) >= 11 is 0. The molecule has 1 saturated carbocycles. The Morgan fingerprint density at radius 1 is 0.887 bits per heavy atom. The average molecular weight is 876 g/mol. The number of esters is 1. The zero-order valence-corrected chi connectivity index (χ0v) is 37.1. The summed E-state index contributed by atoms with van der Waals surface area (Å²) in [7, 11) is -0.757. The van der Waals surface area contributed by atoms with Crippen LogP contribution in [0.25, 0.3) is 0 Å². The molecule has 62 heavy (non-hydrogen) atoms. The van der Waals surface area contributed by atoms with E-state index in [1.54, 1.807) is 32.4 Å². The van der Waals surface area contributed by atoms with E-state index in [2.05, 4.69) is 18.0 Å². The molecule has 3 aromatic rings. The summed E-state index contributed by atoms with van der Waals surface area (Å²) in [6, 6.07) is 16.9. The van der Waals surface area contributed by atoms with E-state index in [9.17, 15) is 37.5 Å². The molecule has 0 aromatic heterocycles. The molecule has 334 valence electrons. The standard InChI is InChI=1S/C47H57NO13S/c1-8-36(33-23-30(4)45(58-6)40(25-33)57-5)44(52)37-14-9-10-15-38(37)47(54)60-39(20-18-31-17-16-28(2)29(3)22-31)32-12-11-13-35(24-32)59-27-34(49)19-21-43(51)61-48-42(50)26-41(46(48)53)62(7,55)56/h11-13,16-17,22-25,36-39,41H,7-10,14-15,18-21,26-27H2,1-6H3,(H,55,56)/t36-,37?,38+,39+,41?/m0/s1. The Morgan fingerprint density at radius 2 is 1.61 bits per heavy atom. The van der Waals surface area contributed by atoms with Crippen molar-refractivity contribution in [1.82, 2.24) is 5.06 Å². The smallest absolute Gasteiger partial charge is 0.333 e. The Labute approximate surface area is 363 Å². The maximum atomic E-state index is 14.4. The summed E-state index contributed by atoms with van der Waals surface area (Å²) < 4.78 is 44.7. The Balaban J connectivity index is 1.28. The molecule has 2 aliphatic rings. The highest BCUT2D eigenvalue weighted by Crippen LogP contribution is 2.41. The third-order valence-electron chi connectivity index (χ3n) is 11.7. The first-order chi connectivity index (χ1) is 29.4. The number of carbonyl (C=O) groups excluding carboxylic acids is 6. The molecule has 0 radical (unpaired) electrons. The average Bonchev–Trinajstić information content (AvgIpc) is 3.53. The van der Waals surface area contributed by atoms with E-state index in [-0.39, 0.29) is 17.3 Å². The molecule has 0 bridgehead atoms. The molecular formula is C47H57NO13S. The summed E-state index contributed by atoms with van der Waals surface area (Å²) in [6.45, 7) is 7.53. The number of hydroxylamine groups is 2. The van der Waals surface area contributed by atoms with E-state index in [1.807, 2.05) is 52.0 Å². The largest absolute Gasteiger partial charge is 0.493 e. The van der Waals surface area contributed by atoms with Gasteiger partial charge < -0.3 is 28.3 Å². The minimum atomic E-state index is -3.89. The fraction of sp³-hybridized carbons (Fsp3) is 0.468. The van der Waals surface area contributed by atoms with E-state index in [4.69, 9.17) is 23.8 Å². The van der Waals surface area contributed by atoms with Gasteiger partial charge in [0.1, 0.15) is 29.5 Å². The minimum Gasteiger partial charge on any atom is -0.493 e. The monoisotopic (exact) mass is 875 g/mol. The highest BCUT2D eigenvalue weighted by Gasteiger charge is 2.46. The number of Topliss-reactive ketones (excluding diaryl/α,β-unsaturated/α-hetero) is 2. The van der Waals surface area contributed by atoms with Crippen molar-refractivity contribution >= 4 is 51.0 Å². The number of nitrogens with zero attached hydrogens (tertiary/aromatic N) is 1. The van der Waals surface area contributed by atoms with Gasteiger partial charge >= 0.3 is 11.9 Å². The topological polar surface area (TPSA) is 189 Å². The van der Waals surface area contributed by atoms with Crippen LogP contribution in [0.4, 0.5) is 0 Å². The van der Waals surface area contributed by atoms with Crippen LogP contribution in [0.2, 0.25) is 0 Å². The van der Waals surface area contributed by atoms with Gasteiger partial charge in [0.2, 0.25) is 0 Å². The lowest BCUT2D eigenvalue weighted by atomic mass is 9.72. The van der Waals surface area contributed by atoms with Crippen LogP contribution in [0.1, 0.15) is 110 Å². The lowest BCUT2D eigenvalue weighted by Gasteiger charge is -2.33. The van der Waals surface area contributed by atoms with Crippen LogP contribution in [0.5, 0.6) is 17.2 Å². The van der Waals surface area contributed by atoms with Crippen molar-refractivity contribution in [3.05, 3.63) is 88.0 Å². The SMILES string of the molecule is C=S(=O)(O)C1CC(=O)N(OC(=O)CCC(=O)COc2cccc([C@@H](CCc3ccc(C)c(C)c3)OC(=O)[C@@H]3CCCCC3C(=O)[C@@H](CC)c3cc(C)c(OC)c(OC)c3)c2)C1=O. The highest BCUT2D eigenvalue weighted by molar-refractivity contribution is 7.96. The summed E-state index contributed by atoms with van der Waals surface area (Å²) in [6.07, 6.45) is 2.07. The first kappa shape index (κ1) is 47.5. The first-order valence-corrected chi connectivity index (χ1v) is 22.6. The third-order valence-corrected chi connectivity index (χ3v) is 13.0. The van der Waals surface area contributed by atoms with Gasteiger partial charge in [-0.05, 0) is 110 Å². The predicted molar refractivity (Wildman–Crippen MR) is 231 cm³/mol. The van der Waals surface area contributed by atoms with Crippen molar-refractivity contribution in [2.24, 2.45) is 11.8 Å². The van der Waals surface area contributed by atoms with Crippen molar-refractivity contribution in [1.29, 1.82) is 0 Å². The van der Waals surface area contributed by atoms with Gasteiger partial charge in [-0.1, -0.05) is 56.2 Å². The molecule has 1 N–H and O–H groups in total. The van der Waals surface area contributed by atoms with Crippen molar-refractivity contribution in [2.45, 2.75) is 109 Å². The van der Waals surface area contributed by atoms with E-state index < -0.39 is 87.9 Å². The third kappa shape index (κ3) is 11.7. The van der Waals surface area contributed by atoms with Gasteiger partial charge in [0.05, 0.1) is 42.8 Å². The second kappa shape index (κ2) is 21.0. The van der Waals surface area contributed by atoms with Crippen LogP contribution >= 0.6 is 0 Å². The molecule has 14 nitrogen and oxygen atoms in total. The first-order valence-electron chi connectivity index (χ1n) is 20.9. The zero-order valence-electron chi connectivity index (χ0n) is 36.3. The normalized spacial score (nSPS) is 19.5. The van der Waals surface area contributed by atoms with E-state index in [0.29, 0.717) is 54.9 Å². The second-order valence-electron chi connectivity index (χ2n) is 16.1. The number of imide groups is 1. The van der Waals surface area contributed by atoms with Gasteiger partial charge in [0.15, 0.2) is 17.3 Å². The predicted octanol–water partition coefficient (Wildman–Crippen LogP) is 6.92. The van der Waals surface area contributed by atoms with Gasteiger partial charge in [-0.15, -0.1) is 5.06 Å². The van der Waals surface area contributed by atoms with Crippen LogP contribution in [-0.4, -0.2) is 81.1 Å². The molecule has 1 aliphatic heterocycles. The molecule has 1 saturated heterocycles. The van der Waals surface area contributed by atoms with Crippen molar-refractivity contribution < 1.29 is 61.3 Å². The maximum Gasteiger partial charge on any atom is 0.333 e. The molecular weight excluding hydrogens is 819 g/mol. The second-order valence-corrected chi connectivity index (χ2v) is 18.0. The van der Waals surface area contributed by atoms with E-state index >= 15 is 0 Å². The van der Waals surface area contributed by atoms with Crippen molar-refractivity contribution in [3.8, 4) is 17.2 Å². The lowest BCUT2D eigenvalue weighted by Crippen LogP contribution is -2.37. The van der Waals surface area contributed by atoms with Crippen LogP contribution in [0.15, 0.2) is 54.6 Å². The number of hydrogen-bond acceptors (Lipinski definition) is 12. The van der Waals surface area contributed by atoms with Gasteiger partial charge in [-0.3, -0.25) is 24.0 Å². The number of carbonyl (C=O) groups is 6. The maximum absolute atomic E-state index is 14.4. The molecule has 15 heteroatoms. The van der Waals surface area contributed by atoms with Crippen LogP contribution < -0.4 is 14.2 Å². The molecule has 0 spiro atoms. The number of amides is 2. The fourth-order valence-electron chi connectivity index (χ4n) is 8.17. The lowest BCUT2D eigenvalue weighted by molar-refractivity contribution is -0.197. The molecule has 3 unspecified atom stereocenters. The molecule has 6 atom stereocenters. The molecule has 5 rings (SSSR count). The van der Waals surface area contributed by atoms with Crippen LogP contribution in [-0.2, 0) is 54.6 Å². The number of benzene rings is 3. The Morgan fingerprint density at radius 3 is 2.26 bits per heavy atom. The van der Waals surface area contributed by atoms with E-state index in [0.717, 1.165) is 40.7 Å². The van der Waals surface area contributed by atoms with Gasteiger partial charge in [-0.2, -0.15) is 0 Å². The quantitative estimate of drug-likeness (QED) is 0.0701. The molecule has 1 heterocycles. The fourth-order valence-corrected chi connectivity index (χ4v) is 8.98. The summed E-state index contributed by atoms with van der Waals surface area (Å²) in [5.74, 6) is -1.27. The van der Waals surface area contributed by atoms with E-state index in [1.165, 1.54) is 0 Å². The molecule has 1 aliphatic carbocycles. The van der Waals surface area contributed by atoms with Crippen molar-refractivity contribution in [3.63, 3.8) is 0 Å². The summed E-state index contributed by atoms with van der Waals surface area (Å²) in [5, 5.41) is -1.49. The minimum absolute atomic E-state index is 0.000570. The Bertz CT molecular complexity index is 2290. The van der Waals surface area contributed by atoms with Crippen molar-refractivity contribution in [2.75, 3.05) is 20.8 Å². The number of hydrogen-bond donors (Lipinski definition) is 1. The Hall–Kier alpha value is -5.54. The molecule has 2 amide bonds. The van der Waals surface area contributed by atoms with Gasteiger partial charge in [-0.25, -0.2) is 9.00 Å². The molecule has 3 aromatic carbocycles. The molecule has 2 fully saturated rings. The van der Waals surface area contributed by atoms with Gasteiger partial charge in [0.25, 0.3) is 11.8 Å². The number of ketones is 2. The Kier molecular flexibility index (Phi) is 16.1. The zero-order chi connectivity index (χ0) is 45.3. The summed E-state index contributed by atoms with van der Waals surface area (Å²) in [5.41, 5.74) is 5.66. The van der Waals surface area contributed by atoms with Crippen LogP contribution in [0, 0.1) is 32.6 Å². The van der Waals surface area contributed by atoms with Gasteiger partial charge in [0, 0.05) is 18.3 Å². The highest BCUT2D eigenvalue weighted by atomic mass is 32.2.